The smallest absolute Gasteiger partial charge is 0.325 e. The maximum atomic E-state index is 12.1. The quantitative estimate of drug-likeness (QED) is 0.413. The molecule has 1 aromatic heterocycles. The van der Waals surface area contributed by atoms with Crippen LogP contribution in [0.1, 0.15) is 42.1 Å². The lowest BCUT2D eigenvalue weighted by Crippen LogP contribution is -2.38. The molecular weight excluding hydrogens is 376 g/mol. The number of carboxylic acid groups (broad SMARTS) is 1. The fourth-order valence-electron chi connectivity index (χ4n) is 4.73. The second-order valence-electron chi connectivity index (χ2n) is 8.11. The van der Waals surface area contributed by atoms with Gasteiger partial charge in [0.05, 0.1) is 0 Å². The van der Waals surface area contributed by atoms with E-state index in [0.29, 0.717) is 0 Å². The molecule has 156 valence electrons. The van der Waals surface area contributed by atoms with Crippen molar-refractivity contribution < 1.29 is 9.90 Å². The Labute approximate surface area is 176 Å². The van der Waals surface area contributed by atoms with Crippen molar-refractivity contribution in [2.24, 2.45) is 12.8 Å². The Morgan fingerprint density at radius 2 is 2.00 bits per heavy atom. The Bertz CT molecular complexity index is 1070. The van der Waals surface area contributed by atoms with Crippen LogP contribution >= 0.6 is 0 Å². The molecule has 2 aromatic carbocycles. The van der Waals surface area contributed by atoms with Crippen molar-refractivity contribution in [3.63, 3.8) is 0 Å². The predicted molar refractivity (Wildman–Crippen MR) is 119 cm³/mol. The monoisotopic (exact) mass is 404 g/mol. The van der Waals surface area contributed by atoms with Gasteiger partial charge in [0.2, 0.25) is 0 Å². The van der Waals surface area contributed by atoms with Gasteiger partial charge in [-0.25, -0.2) is 0 Å². The van der Waals surface area contributed by atoms with Crippen molar-refractivity contribution in [1.82, 2.24) is 9.47 Å². The molecule has 0 saturated carbocycles. The Morgan fingerprint density at radius 3 is 2.70 bits per heavy atom. The zero-order valence-corrected chi connectivity index (χ0v) is 17.2. The van der Waals surface area contributed by atoms with Crippen LogP contribution in [-0.4, -0.2) is 39.0 Å². The number of carbonyl (C=O) groups is 1. The predicted octanol–water partition coefficient (Wildman–Crippen LogP) is 3.69. The van der Waals surface area contributed by atoms with Crippen molar-refractivity contribution in [3.8, 4) is 0 Å². The number of nitrogen functional groups attached to an aromatic ring is 1. The van der Waals surface area contributed by atoms with Crippen molar-refractivity contribution in [3.05, 3.63) is 71.4 Å². The largest absolute Gasteiger partial charge is 0.480 e. The van der Waals surface area contributed by atoms with Gasteiger partial charge in [0.15, 0.2) is 0 Å². The number of carboxylic acids is 1. The van der Waals surface area contributed by atoms with Crippen molar-refractivity contribution in [2.75, 3.05) is 6.54 Å². The molecule has 4 N–H and O–H groups in total. The molecule has 4 rings (SSSR count). The summed E-state index contributed by atoms with van der Waals surface area (Å²) in [6, 6.07) is 17.2. The lowest BCUT2D eigenvalue weighted by Gasteiger charge is -2.30. The first-order chi connectivity index (χ1) is 14.5. The van der Waals surface area contributed by atoms with Crippen LogP contribution < -0.4 is 5.73 Å². The maximum absolute atomic E-state index is 12.1. The van der Waals surface area contributed by atoms with Crippen LogP contribution in [0.25, 0.3) is 10.9 Å². The highest BCUT2D eigenvalue weighted by molar-refractivity contribution is 5.98. The number of hydrogen-bond acceptors (Lipinski definition) is 3. The summed E-state index contributed by atoms with van der Waals surface area (Å²) in [6.45, 7) is 0.813. The topological polar surface area (TPSA) is 95.3 Å². The van der Waals surface area contributed by atoms with E-state index in [1.54, 1.807) is 0 Å². The summed E-state index contributed by atoms with van der Waals surface area (Å²) < 4.78 is 2.16. The molecule has 1 aliphatic rings. The standard InChI is InChI=1S/C24H28N4O2/c1-27-20(14-17-9-10-18(23(25)26)15-21(17)27)12-11-19-8-5-13-28(19)22(24(29)30)16-6-3-2-4-7-16/h2-4,6-7,9-10,14-15,19,22H,5,8,11-13H2,1H3,(H3,25,26)(H,29,30). The fraction of sp³-hybridized carbons (Fsp3) is 0.333. The number of nitrogens with zero attached hydrogens (tertiary/aromatic N) is 2. The highest BCUT2D eigenvalue weighted by atomic mass is 16.4. The van der Waals surface area contributed by atoms with E-state index in [9.17, 15) is 9.90 Å². The van der Waals surface area contributed by atoms with E-state index in [0.717, 1.165) is 54.3 Å². The number of likely N-dealkylation sites (tertiary alicyclic amines) is 1. The normalized spacial score (nSPS) is 18.0. The molecule has 0 radical (unpaired) electrons. The summed E-state index contributed by atoms with van der Waals surface area (Å²) in [5.41, 5.74) is 9.49. The number of hydrogen-bond donors (Lipinski definition) is 3. The molecule has 1 aliphatic heterocycles. The highest BCUT2D eigenvalue weighted by Gasteiger charge is 2.35. The fourth-order valence-corrected chi connectivity index (χ4v) is 4.73. The molecule has 30 heavy (non-hydrogen) atoms. The number of nitrogens with two attached hydrogens (primary N) is 1. The molecule has 2 heterocycles. The van der Waals surface area contributed by atoms with Gasteiger partial charge in [-0.05, 0) is 55.3 Å². The van der Waals surface area contributed by atoms with E-state index < -0.39 is 12.0 Å². The summed E-state index contributed by atoms with van der Waals surface area (Å²) in [7, 11) is 2.04. The third kappa shape index (κ3) is 3.83. The molecule has 6 heteroatoms. The summed E-state index contributed by atoms with van der Waals surface area (Å²) >= 11 is 0. The van der Waals surface area contributed by atoms with Crippen molar-refractivity contribution in [1.29, 1.82) is 5.41 Å². The van der Waals surface area contributed by atoms with E-state index in [2.05, 4.69) is 15.5 Å². The van der Waals surface area contributed by atoms with Crippen LogP contribution in [0.15, 0.2) is 54.6 Å². The SMILES string of the molecule is Cn1c(CCC2CCCN2C(C(=O)O)c2ccccc2)cc2ccc(C(=N)N)cc21. The molecule has 0 bridgehead atoms. The average molecular weight is 405 g/mol. The lowest BCUT2D eigenvalue weighted by molar-refractivity contribution is -0.144. The van der Waals surface area contributed by atoms with Crippen LogP contribution in [0, 0.1) is 5.41 Å². The lowest BCUT2D eigenvalue weighted by atomic mass is 10.0. The minimum absolute atomic E-state index is 0.0712. The number of rotatable bonds is 7. The van der Waals surface area contributed by atoms with Gasteiger partial charge in [-0.1, -0.05) is 42.5 Å². The Morgan fingerprint density at radius 1 is 1.23 bits per heavy atom. The van der Waals surface area contributed by atoms with Crippen LogP contribution in [-0.2, 0) is 18.3 Å². The number of aromatic nitrogens is 1. The van der Waals surface area contributed by atoms with Crippen molar-refractivity contribution >= 4 is 22.7 Å². The minimum Gasteiger partial charge on any atom is -0.480 e. The molecular formula is C24H28N4O2. The first kappa shape index (κ1) is 20.2. The molecule has 0 aliphatic carbocycles. The second kappa shape index (κ2) is 8.32. The minimum atomic E-state index is -0.783. The zero-order valence-electron chi connectivity index (χ0n) is 17.2. The van der Waals surface area contributed by atoms with Gasteiger partial charge in [0, 0.05) is 29.9 Å². The number of fused-ring (bicyclic) bond motifs is 1. The van der Waals surface area contributed by atoms with Gasteiger partial charge in [-0.2, -0.15) is 0 Å². The molecule has 1 saturated heterocycles. The zero-order chi connectivity index (χ0) is 21.3. The third-order valence-corrected chi connectivity index (χ3v) is 6.29. The number of aliphatic carboxylic acids is 1. The van der Waals surface area contributed by atoms with Gasteiger partial charge in [-0.15, -0.1) is 0 Å². The Kier molecular flexibility index (Phi) is 5.59. The van der Waals surface area contributed by atoms with Gasteiger partial charge in [0.1, 0.15) is 11.9 Å². The molecule has 2 atom stereocenters. The van der Waals surface area contributed by atoms with E-state index >= 15 is 0 Å². The van der Waals surface area contributed by atoms with Gasteiger partial charge >= 0.3 is 5.97 Å². The molecule has 2 unspecified atom stereocenters. The molecule has 0 spiro atoms. The summed E-state index contributed by atoms with van der Waals surface area (Å²) in [5, 5.41) is 18.7. The summed E-state index contributed by atoms with van der Waals surface area (Å²) in [6.07, 6.45) is 3.84. The number of benzene rings is 2. The highest BCUT2D eigenvalue weighted by Crippen LogP contribution is 2.32. The molecule has 1 fully saturated rings. The molecule has 3 aromatic rings. The van der Waals surface area contributed by atoms with Crippen LogP contribution in [0.2, 0.25) is 0 Å². The first-order valence-corrected chi connectivity index (χ1v) is 10.4. The van der Waals surface area contributed by atoms with Gasteiger partial charge in [0.25, 0.3) is 0 Å². The van der Waals surface area contributed by atoms with E-state index in [1.807, 2.05) is 55.6 Å². The Balaban J connectivity index is 1.53. The van der Waals surface area contributed by atoms with E-state index in [4.69, 9.17) is 11.1 Å². The summed E-state index contributed by atoms with van der Waals surface area (Å²) in [5.74, 6) is -0.712. The van der Waals surface area contributed by atoms with Crippen LogP contribution in [0.3, 0.4) is 0 Å². The van der Waals surface area contributed by atoms with E-state index in [-0.39, 0.29) is 11.9 Å². The maximum Gasteiger partial charge on any atom is 0.325 e. The van der Waals surface area contributed by atoms with Crippen LogP contribution in [0.5, 0.6) is 0 Å². The molecule has 6 nitrogen and oxygen atoms in total. The third-order valence-electron chi connectivity index (χ3n) is 6.29. The molecule has 0 amide bonds. The average Bonchev–Trinajstić information content (AvgIpc) is 3.31. The van der Waals surface area contributed by atoms with E-state index in [1.165, 1.54) is 5.69 Å². The second-order valence-corrected chi connectivity index (χ2v) is 8.11. The number of aryl methyl sites for hydroxylation is 2. The van der Waals surface area contributed by atoms with Crippen LogP contribution in [0.4, 0.5) is 0 Å². The van der Waals surface area contributed by atoms with Gasteiger partial charge in [-0.3, -0.25) is 15.1 Å². The van der Waals surface area contributed by atoms with Gasteiger partial charge < -0.3 is 15.4 Å². The summed E-state index contributed by atoms with van der Waals surface area (Å²) in [4.78, 5) is 14.3. The first-order valence-electron chi connectivity index (χ1n) is 10.4. The number of amidine groups is 1. The Hall–Kier alpha value is -3.12. The number of nitrogens with one attached hydrogen (secondary N) is 1. The van der Waals surface area contributed by atoms with Crippen molar-refractivity contribution in [2.45, 2.75) is 37.8 Å².